The van der Waals surface area contributed by atoms with Gasteiger partial charge in [-0.25, -0.2) is 9.67 Å². The Hall–Kier alpha value is -2.63. The zero-order chi connectivity index (χ0) is 15.7. The number of likely N-dealkylation sites (N-methyl/N-ethyl adjacent to an activating group) is 1. The van der Waals surface area contributed by atoms with Gasteiger partial charge in [0.05, 0.1) is 5.39 Å². The number of aromatic nitrogens is 4. The van der Waals surface area contributed by atoms with Crippen LogP contribution in [-0.4, -0.2) is 31.8 Å². The lowest BCUT2D eigenvalue weighted by Gasteiger charge is -2.04. The molecule has 6 nitrogen and oxygen atoms in total. The van der Waals surface area contributed by atoms with Gasteiger partial charge in [-0.2, -0.15) is 5.10 Å². The largest absolute Gasteiger partial charge is 0.355 e. The Kier molecular flexibility index (Phi) is 3.66. The molecule has 0 saturated carbocycles. The molecule has 0 bridgehead atoms. The first-order valence-electron chi connectivity index (χ1n) is 7.35. The predicted molar refractivity (Wildman–Crippen MR) is 85.0 cm³/mol. The van der Waals surface area contributed by atoms with E-state index in [0.29, 0.717) is 6.54 Å². The quantitative estimate of drug-likeness (QED) is 0.801. The number of nitrogens with one attached hydrogen (secondary N) is 1. The Balaban J connectivity index is 2.18. The molecule has 22 heavy (non-hydrogen) atoms. The summed E-state index contributed by atoms with van der Waals surface area (Å²) in [5.41, 5.74) is 2.77. The third-order valence-corrected chi connectivity index (χ3v) is 3.53. The fourth-order valence-electron chi connectivity index (χ4n) is 2.65. The van der Waals surface area contributed by atoms with E-state index in [1.54, 1.807) is 4.68 Å². The molecular weight excluding hydrogens is 278 g/mol. The number of rotatable bonds is 4. The molecule has 3 aromatic heterocycles. The average Bonchev–Trinajstić information content (AvgIpc) is 3.07. The summed E-state index contributed by atoms with van der Waals surface area (Å²) in [5, 5.41) is 8.39. The van der Waals surface area contributed by atoms with Gasteiger partial charge in [-0.3, -0.25) is 4.79 Å². The number of carbonyl (C=O) groups is 1. The highest BCUT2D eigenvalue weighted by molar-refractivity contribution is 5.88. The Morgan fingerprint density at radius 3 is 2.68 bits per heavy atom. The van der Waals surface area contributed by atoms with Crippen LogP contribution in [-0.2, 0) is 11.3 Å². The maximum Gasteiger partial charge on any atom is 0.241 e. The number of hydrogen-bond donors (Lipinski definition) is 1. The van der Waals surface area contributed by atoms with Crippen LogP contribution in [0.2, 0.25) is 0 Å². The van der Waals surface area contributed by atoms with Gasteiger partial charge in [-0.1, -0.05) is 0 Å². The van der Waals surface area contributed by atoms with Crippen LogP contribution in [0.3, 0.4) is 0 Å². The molecule has 6 heteroatoms. The Bertz CT molecular complexity index is 817. The molecule has 0 aliphatic heterocycles. The van der Waals surface area contributed by atoms with Crippen molar-refractivity contribution < 1.29 is 4.79 Å². The molecule has 0 atom stereocenters. The lowest BCUT2D eigenvalue weighted by Crippen LogP contribution is -2.27. The maximum absolute atomic E-state index is 11.9. The van der Waals surface area contributed by atoms with Crippen LogP contribution in [0.1, 0.15) is 18.2 Å². The topological polar surface area (TPSA) is 64.7 Å². The molecule has 0 fully saturated rings. The van der Waals surface area contributed by atoms with Gasteiger partial charge in [0.2, 0.25) is 5.91 Å². The number of nitrogens with zero attached hydrogens (tertiary/aromatic N) is 4. The van der Waals surface area contributed by atoms with Crippen LogP contribution in [0.4, 0.5) is 0 Å². The van der Waals surface area contributed by atoms with E-state index in [-0.39, 0.29) is 12.5 Å². The molecule has 0 aliphatic carbocycles. The minimum Gasteiger partial charge on any atom is -0.355 e. The van der Waals surface area contributed by atoms with Crippen LogP contribution < -0.4 is 5.32 Å². The highest BCUT2D eigenvalue weighted by Crippen LogP contribution is 2.25. The first-order chi connectivity index (χ1) is 10.6. The molecule has 3 rings (SSSR count). The van der Waals surface area contributed by atoms with E-state index in [1.165, 1.54) is 0 Å². The highest BCUT2D eigenvalue weighted by atomic mass is 16.2. The first-order valence-corrected chi connectivity index (χ1v) is 7.35. The number of hydrogen-bond acceptors (Lipinski definition) is 3. The fourth-order valence-corrected chi connectivity index (χ4v) is 2.65. The second-order valence-corrected chi connectivity index (χ2v) is 5.30. The van der Waals surface area contributed by atoms with Crippen molar-refractivity contribution in [3.63, 3.8) is 0 Å². The molecule has 114 valence electrons. The van der Waals surface area contributed by atoms with Crippen LogP contribution in [0.25, 0.3) is 16.9 Å². The number of aryl methyl sites for hydroxylation is 2. The molecule has 0 aliphatic rings. The predicted octanol–water partition coefficient (Wildman–Crippen LogP) is 1.97. The Labute approximate surface area is 128 Å². The zero-order valence-electron chi connectivity index (χ0n) is 13.0. The van der Waals surface area contributed by atoms with Gasteiger partial charge in [-0.05, 0) is 44.5 Å². The molecule has 1 N–H and O–H groups in total. The van der Waals surface area contributed by atoms with E-state index in [9.17, 15) is 4.79 Å². The van der Waals surface area contributed by atoms with Gasteiger partial charge in [0.15, 0.2) is 11.5 Å². The summed E-state index contributed by atoms with van der Waals surface area (Å²) in [4.78, 5) is 16.5. The van der Waals surface area contributed by atoms with E-state index in [1.807, 2.05) is 55.9 Å². The summed E-state index contributed by atoms with van der Waals surface area (Å²) >= 11 is 0. The van der Waals surface area contributed by atoms with Crippen molar-refractivity contribution in [1.82, 2.24) is 24.6 Å². The fraction of sp³-hybridized carbons (Fsp3) is 0.312. The molecule has 1 amide bonds. The molecule has 0 radical (unpaired) electrons. The molecule has 3 heterocycles. The summed E-state index contributed by atoms with van der Waals surface area (Å²) in [7, 11) is 0. The highest BCUT2D eigenvalue weighted by Gasteiger charge is 2.17. The minimum absolute atomic E-state index is 0.0630. The molecule has 0 unspecified atom stereocenters. The van der Waals surface area contributed by atoms with E-state index >= 15 is 0 Å². The summed E-state index contributed by atoms with van der Waals surface area (Å²) in [6.45, 7) is 6.67. The normalized spacial score (nSPS) is 11.0. The van der Waals surface area contributed by atoms with Crippen LogP contribution in [0.15, 0.2) is 30.6 Å². The molecule has 0 saturated heterocycles. The lowest BCUT2D eigenvalue weighted by molar-refractivity contribution is -0.121. The van der Waals surface area contributed by atoms with Crippen LogP contribution in [0, 0.1) is 13.8 Å². The molecular formula is C16H19N5O. The van der Waals surface area contributed by atoms with Gasteiger partial charge >= 0.3 is 0 Å². The third-order valence-electron chi connectivity index (χ3n) is 3.53. The van der Waals surface area contributed by atoms with Gasteiger partial charge in [0, 0.05) is 24.6 Å². The number of fused-ring (bicyclic) bond motifs is 1. The van der Waals surface area contributed by atoms with Crippen molar-refractivity contribution in [1.29, 1.82) is 0 Å². The van der Waals surface area contributed by atoms with E-state index in [0.717, 1.165) is 28.1 Å². The van der Waals surface area contributed by atoms with Crippen LogP contribution >= 0.6 is 0 Å². The van der Waals surface area contributed by atoms with E-state index < -0.39 is 0 Å². The van der Waals surface area contributed by atoms with Crippen molar-refractivity contribution in [2.24, 2.45) is 0 Å². The minimum atomic E-state index is -0.0630. The first kappa shape index (κ1) is 14.3. The zero-order valence-corrected chi connectivity index (χ0v) is 13.0. The summed E-state index contributed by atoms with van der Waals surface area (Å²) in [6, 6.07) is 5.94. The molecule has 3 aromatic rings. The maximum atomic E-state index is 11.9. The van der Waals surface area contributed by atoms with Crippen LogP contribution in [0.5, 0.6) is 0 Å². The smallest absolute Gasteiger partial charge is 0.241 e. The SMILES string of the molecule is CCNC(=O)Cn1nc(-n2cccc2)c2c(C)cc(C)nc21. The Morgan fingerprint density at radius 1 is 1.27 bits per heavy atom. The summed E-state index contributed by atoms with van der Waals surface area (Å²) in [6.07, 6.45) is 3.88. The average molecular weight is 297 g/mol. The number of pyridine rings is 1. The second kappa shape index (κ2) is 5.63. The number of amides is 1. The number of carbonyl (C=O) groups excluding carboxylic acids is 1. The van der Waals surface area contributed by atoms with Crippen molar-refractivity contribution >= 4 is 16.9 Å². The molecule has 0 spiro atoms. The third kappa shape index (κ3) is 2.47. The van der Waals surface area contributed by atoms with Gasteiger partial charge < -0.3 is 9.88 Å². The van der Waals surface area contributed by atoms with Gasteiger partial charge in [0.1, 0.15) is 6.54 Å². The Morgan fingerprint density at radius 2 is 2.00 bits per heavy atom. The van der Waals surface area contributed by atoms with E-state index in [4.69, 9.17) is 0 Å². The van der Waals surface area contributed by atoms with Crippen molar-refractivity contribution in [2.75, 3.05) is 6.54 Å². The van der Waals surface area contributed by atoms with Crippen molar-refractivity contribution in [3.05, 3.63) is 41.9 Å². The van der Waals surface area contributed by atoms with Crippen molar-refractivity contribution in [3.8, 4) is 5.82 Å². The molecule has 0 aromatic carbocycles. The lowest BCUT2D eigenvalue weighted by atomic mass is 10.2. The monoisotopic (exact) mass is 297 g/mol. The van der Waals surface area contributed by atoms with Gasteiger partial charge in [-0.15, -0.1) is 0 Å². The summed E-state index contributed by atoms with van der Waals surface area (Å²) in [5.74, 6) is 0.737. The van der Waals surface area contributed by atoms with Crippen molar-refractivity contribution in [2.45, 2.75) is 27.3 Å². The second-order valence-electron chi connectivity index (χ2n) is 5.30. The summed E-state index contributed by atoms with van der Waals surface area (Å²) < 4.78 is 3.62. The standard InChI is InChI=1S/C16H19N5O/c1-4-17-13(22)10-21-15-14(11(2)9-12(3)18-15)16(19-21)20-7-5-6-8-20/h5-9H,4,10H2,1-3H3,(H,17,22). The van der Waals surface area contributed by atoms with E-state index in [2.05, 4.69) is 15.4 Å². The van der Waals surface area contributed by atoms with Gasteiger partial charge in [0.25, 0.3) is 0 Å².